The van der Waals surface area contributed by atoms with Crippen molar-refractivity contribution in [3.8, 4) is 0 Å². The van der Waals surface area contributed by atoms with Gasteiger partial charge in [0.2, 0.25) is 0 Å². The average molecular weight is 241 g/mol. The Morgan fingerprint density at radius 3 is 2.88 bits per heavy atom. The number of methoxy groups -OCH3 is 1. The molecule has 1 aliphatic heterocycles. The van der Waals surface area contributed by atoms with Gasteiger partial charge < -0.3 is 9.84 Å². The number of aliphatic hydroxyl groups excluding tert-OH is 1. The minimum Gasteiger partial charge on any atom is -0.466 e. The molecule has 0 amide bonds. The van der Waals surface area contributed by atoms with Crippen molar-refractivity contribution >= 4 is 5.97 Å². The number of aliphatic hydroxyl groups is 1. The average Bonchev–Trinajstić information content (AvgIpc) is 2.38. The minimum atomic E-state index is -0.255. The Kier molecular flexibility index (Phi) is 6.22. The van der Waals surface area contributed by atoms with E-state index in [0.29, 0.717) is 12.1 Å². The molecule has 0 aromatic rings. The quantitative estimate of drug-likeness (QED) is 0.583. The smallest absolute Gasteiger partial charge is 0.334 e. The molecule has 0 aromatic heterocycles. The molecule has 4 nitrogen and oxygen atoms in total. The van der Waals surface area contributed by atoms with E-state index in [1.54, 1.807) is 0 Å². The van der Waals surface area contributed by atoms with Gasteiger partial charge in [0.25, 0.3) is 0 Å². The van der Waals surface area contributed by atoms with E-state index in [1.165, 1.54) is 7.11 Å². The van der Waals surface area contributed by atoms with Crippen LogP contribution in [0.15, 0.2) is 11.6 Å². The molecular weight excluding hydrogens is 218 g/mol. The van der Waals surface area contributed by atoms with Crippen LogP contribution in [0, 0.1) is 0 Å². The zero-order chi connectivity index (χ0) is 12.7. The SMILES string of the molecule is CCC=C(CN1CCCCC1CO)C(=O)OC. The lowest BCUT2D eigenvalue weighted by atomic mass is 10.0. The summed E-state index contributed by atoms with van der Waals surface area (Å²) in [7, 11) is 1.41. The Labute approximate surface area is 103 Å². The third-order valence-corrected chi connectivity index (χ3v) is 3.23. The molecule has 0 aliphatic carbocycles. The van der Waals surface area contributed by atoms with E-state index in [1.807, 2.05) is 13.0 Å². The lowest BCUT2D eigenvalue weighted by Gasteiger charge is -2.34. The van der Waals surface area contributed by atoms with E-state index >= 15 is 0 Å². The molecule has 1 heterocycles. The van der Waals surface area contributed by atoms with Gasteiger partial charge in [0.1, 0.15) is 0 Å². The number of esters is 1. The summed E-state index contributed by atoms with van der Waals surface area (Å²) >= 11 is 0. The Morgan fingerprint density at radius 1 is 1.53 bits per heavy atom. The number of carbonyl (C=O) groups excluding carboxylic acids is 1. The Hall–Kier alpha value is -0.870. The van der Waals surface area contributed by atoms with Gasteiger partial charge in [-0.2, -0.15) is 0 Å². The number of nitrogens with zero attached hydrogens (tertiary/aromatic N) is 1. The molecule has 0 spiro atoms. The highest BCUT2D eigenvalue weighted by atomic mass is 16.5. The molecule has 1 fully saturated rings. The highest BCUT2D eigenvalue weighted by Crippen LogP contribution is 2.18. The lowest BCUT2D eigenvalue weighted by Crippen LogP contribution is -2.43. The van der Waals surface area contributed by atoms with E-state index in [-0.39, 0.29) is 18.6 Å². The van der Waals surface area contributed by atoms with Crippen LogP contribution in [0.1, 0.15) is 32.6 Å². The summed E-state index contributed by atoms with van der Waals surface area (Å²) in [6, 6.07) is 0.189. The van der Waals surface area contributed by atoms with Crippen LogP contribution < -0.4 is 0 Å². The van der Waals surface area contributed by atoms with Gasteiger partial charge in [0.05, 0.1) is 13.7 Å². The highest BCUT2D eigenvalue weighted by molar-refractivity contribution is 5.88. The summed E-state index contributed by atoms with van der Waals surface area (Å²) in [6.07, 6.45) is 6.04. The number of rotatable bonds is 5. The Bertz CT molecular complexity index is 276. The molecule has 98 valence electrons. The van der Waals surface area contributed by atoms with Crippen molar-refractivity contribution in [1.82, 2.24) is 4.90 Å². The number of carbonyl (C=O) groups is 1. The first-order valence-corrected chi connectivity index (χ1v) is 6.35. The predicted octanol–water partition coefficient (Wildman–Crippen LogP) is 1.34. The number of hydrogen-bond donors (Lipinski definition) is 1. The molecule has 0 bridgehead atoms. The second kappa shape index (κ2) is 7.45. The van der Waals surface area contributed by atoms with E-state index < -0.39 is 0 Å². The summed E-state index contributed by atoms with van der Waals surface area (Å²) in [5.74, 6) is -0.255. The third kappa shape index (κ3) is 4.13. The van der Waals surface area contributed by atoms with Gasteiger partial charge >= 0.3 is 5.97 Å². The molecule has 0 saturated carbocycles. The van der Waals surface area contributed by atoms with Crippen molar-refractivity contribution in [3.05, 3.63) is 11.6 Å². The first-order valence-electron chi connectivity index (χ1n) is 6.35. The van der Waals surface area contributed by atoms with Crippen LogP contribution in [-0.2, 0) is 9.53 Å². The predicted molar refractivity (Wildman–Crippen MR) is 66.7 cm³/mol. The normalized spacial score (nSPS) is 22.5. The number of likely N-dealkylation sites (tertiary alicyclic amines) is 1. The van der Waals surface area contributed by atoms with Crippen molar-refractivity contribution < 1.29 is 14.6 Å². The number of allylic oxidation sites excluding steroid dienone is 1. The van der Waals surface area contributed by atoms with Crippen molar-refractivity contribution in [2.75, 3.05) is 26.8 Å². The molecule has 0 aromatic carbocycles. The van der Waals surface area contributed by atoms with Crippen molar-refractivity contribution in [1.29, 1.82) is 0 Å². The fourth-order valence-corrected chi connectivity index (χ4v) is 2.28. The summed E-state index contributed by atoms with van der Waals surface area (Å²) in [5.41, 5.74) is 0.704. The topological polar surface area (TPSA) is 49.8 Å². The largest absolute Gasteiger partial charge is 0.466 e. The molecule has 4 heteroatoms. The van der Waals surface area contributed by atoms with Crippen LogP contribution >= 0.6 is 0 Å². The first kappa shape index (κ1) is 14.2. The maximum absolute atomic E-state index is 11.6. The summed E-state index contributed by atoms with van der Waals surface area (Å²) in [4.78, 5) is 13.8. The molecular formula is C13H23NO3. The van der Waals surface area contributed by atoms with Gasteiger partial charge in [-0.3, -0.25) is 4.90 Å². The molecule has 1 aliphatic rings. The summed E-state index contributed by atoms with van der Waals surface area (Å²) in [5, 5.41) is 9.32. The van der Waals surface area contributed by atoms with Crippen LogP contribution in [0.5, 0.6) is 0 Å². The Morgan fingerprint density at radius 2 is 2.29 bits per heavy atom. The second-order valence-electron chi connectivity index (χ2n) is 4.43. The van der Waals surface area contributed by atoms with Crippen molar-refractivity contribution in [2.45, 2.75) is 38.6 Å². The van der Waals surface area contributed by atoms with E-state index in [4.69, 9.17) is 4.74 Å². The second-order valence-corrected chi connectivity index (χ2v) is 4.43. The molecule has 1 saturated heterocycles. The Balaban J connectivity index is 2.64. The highest BCUT2D eigenvalue weighted by Gasteiger charge is 2.24. The van der Waals surface area contributed by atoms with Crippen LogP contribution in [-0.4, -0.2) is 48.8 Å². The van der Waals surface area contributed by atoms with Gasteiger partial charge in [-0.25, -0.2) is 4.79 Å². The van der Waals surface area contributed by atoms with Crippen LogP contribution in [0.2, 0.25) is 0 Å². The molecule has 0 radical (unpaired) electrons. The molecule has 1 unspecified atom stereocenters. The summed E-state index contributed by atoms with van der Waals surface area (Å²) < 4.78 is 4.78. The number of piperidine rings is 1. The maximum atomic E-state index is 11.6. The van der Waals surface area contributed by atoms with Gasteiger partial charge in [-0.15, -0.1) is 0 Å². The third-order valence-electron chi connectivity index (χ3n) is 3.23. The van der Waals surface area contributed by atoms with Crippen LogP contribution in [0.3, 0.4) is 0 Å². The van der Waals surface area contributed by atoms with Gasteiger partial charge in [0.15, 0.2) is 0 Å². The van der Waals surface area contributed by atoms with Crippen molar-refractivity contribution in [2.24, 2.45) is 0 Å². The van der Waals surface area contributed by atoms with Gasteiger partial charge in [-0.05, 0) is 25.8 Å². The fraction of sp³-hybridized carbons (Fsp3) is 0.769. The van der Waals surface area contributed by atoms with Crippen molar-refractivity contribution in [3.63, 3.8) is 0 Å². The molecule has 1 rings (SSSR count). The van der Waals surface area contributed by atoms with Crippen LogP contribution in [0.4, 0.5) is 0 Å². The molecule has 1 atom stereocenters. The molecule has 17 heavy (non-hydrogen) atoms. The zero-order valence-electron chi connectivity index (χ0n) is 10.8. The number of ether oxygens (including phenoxy) is 1. The fourth-order valence-electron chi connectivity index (χ4n) is 2.28. The van der Waals surface area contributed by atoms with Gasteiger partial charge in [0, 0.05) is 18.2 Å². The van der Waals surface area contributed by atoms with E-state index in [0.717, 1.165) is 32.2 Å². The van der Waals surface area contributed by atoms with Gasteiger partial charge in [-0.1, -0.05) is 19.4 Å². The van der Waals surface area contributed by atoms with E-state index in [9.17, 15) is 9.90 Å². The zero-order valence-corrected chi connectivity index (χ0v) is 10.8. The first-order chi connectivity index (χ1) is 8.22. The molecule has 1 N–H and O–H groups in total. The maximum Gasteiger partial charge on any atom is 0.334 e. The van der Waals surface area contributed by atoms with Crippen LogP contribution in [0.25, 0.3) is 0 Å². The number of hydrogen-bond acceptors (Lipinski definition) is 4. The van der Waals surface area contributed by atoms with E-state index in [2.05, 4.69) is 4.90 Å². The minimum absolute atomic E-state index is 0.167. The standard InChI is InChI=1S/C13H23NO3/c1-3-6-11(13(16)17-2)9-14-8-5-4-7-12(14)10-15/h6,12,15H,3-5,7-10H2,1-2H3. The summed E-state index contributed by atoms with van der Waals surface area (Å²) in [6.45, 7) is 3.71. The lowest BCUT2D eigenvalue weighted by molar-refractivity contribution is -0.136. The monoisotopic (exact) mass is 241 g/mol.